The number of rotatable bonds is 5. The molecule has 1 unspecified atom stereocenters. The zero-order valence-electron chi connectivity index (χ0n) is 10.7. The van der Waals surface area contributed by atoms with Gasteiger partial charge in [-0.1, -0.05) is 11.6 Å². The molecule has 1 aromatic rings. The minimum Gasteiger partial charge on any atom is -0.373 e. The largest absolute Gasteiger partial charge is 0.373 e. The molecule has 17 heavy (non-hydrogen) atoms. The maximum atomic E-state index is 6.18. The van der Waals surface area contributed by atoms with Crippen molar-refractivity contribution in [3.05, 3.63) is 22.8 Å². The number of hydrogen-bond donors (Lipinski definition) is 1. The minimum absolute atomic E-state index is 0.617. The van der Waals surface area contributed by atoms with Gasteiger partial charge in [0.05, 0.1) is 10.7 Å². The molecule has 1 aliphatic rings. The number of nitrogens with one attached hydrogen (secondary N) is 1. The maximum absolute atomic E-state index is 6.18. The molecule has 1 aromatic heterocycles. The van der Waals surface area contributed by atoms with Crippen LogP contribution in [0.15, 0.2) is 12.1 Å². The van der Waals surface area contributed by atoms with Crippen molar-refractivity contribution in [1.29, 1.82) is 0 Å². The van der Waals surface area contributed by atoms with E-state index in [9.17, 15) is 0 Å². The fourth-order valence-corrected chi connectivity index (χ4v) is 2.22. The van der Waals surface area contributed by atoms with E-state index in [2.05, 4.69) is 29.2 Å². The standard InChI is InChI=1S/C13H20ClN3/c1-9(10-4-5-10)17(3)8-12-11(14)6-7-13(15-2)16-12/h6-7,9-10H,4-5,8H2,1-3H3,(H,15,16). The molecule has 0 aromatic carbocycles. The summed E-state index contributed by atoms with van der Waals surface area (Å²) in [5.74, 6) is 1.74. The van der Waals surface area contributed by atoms with Crippen LogP contribution in [0.2, 0.25) is 5.02 Å². The van der Waals surface area contributed by atoms with Gasteiger partial charge in [0.1, 0.15) is 5.82 Å². The Bertz CT molecular complexity index is 390. The molecule has 4 heteroatoms. The first kappa shape index (κ1) is 12.7. The van der Waals surface area contributed by atoms with Crippen LogP contribution in [0.4, 0.5) is 5.82 Å². The average Bonchev–Trinajstić information content (AvgIpc) is 3.15. The Balaban J connectivity index is 2.05. The summed E-state index contributed by atoms with van der Waals surface area (Å²) in [6, 6.07) is 4.42. The summed E-state index contributed by atoms with van der Waals surface area (Å²) in [4.78, 5) is 6.85. The number of halogens is 1. The molecule has 0 amide bonds. The molecule has 0 radical (unpaired) electrons. The molecule has 0 bridgehead atoms. The molecule has 1 heterocycles. The van der Waals surface area contributed by atoms with Crippen LogP contribution in [-0.2, 0) is 6.54 Å². The van der Waals surface area contributed by atoms with E-state index in [0.29, 0.717) is 6.04 Å². The summed E-state index contributed by atoms with van der Waals surface area (Å²) < 4.78 is 0. The van der Waals surface area contributed by atoms with Crippen LogP contribution in [-0.4, -0.2) is 30.0 Å². The van der Waals surface area contributed by atoms with Crippen molar-refractivity contribution in [3.63, 3.8) is 0 Å². The zero-order valence-corrected chi connectivity index (χ0v) is 11.5. The highest BCUT2D eigenvalue weighted by molar-refractivity contribution is 6.31. The maximum Gasteiger partial charge on any atom is 0.126 e. The van der Waals surface area contributed by atoms with E-state index in [1.165, 1.54) is 12.8 Å². The van der Waals surface area contributed by atoms with E-state index in [4.69, 9.17) is 11.6 Å². The van der Waals surface area contributed by atoms with Crippen LogP contribution < -0.4 is 5.32 Å². The van der Waals surface area contributed by atoms with E-state index in [1.54, 1.807) is 0 Å². The molecule has 3 nitrogen and oxygen atoms in total. The van der Waals surface area contributed by atoms with Crippen LogP contribution in [0.1, 0.15) is 25.5 Å². The van der Waals surface area contributed by atoms with Crippen molar-refractivity contribution in [2.75, 3.05) is 19.4 Å². The van der Waals surface area contributed by atoms with Gasteiger partial charge in [-0.3, -0.25) is 4.90 Å². The number of hydrogen-bond acceptors (Lipinski definition) is 3. The van der Waals surface area contributed by atoms with Gasteiger partial charge in [0.25, 0.3) is 0 Å². The third-order valence-electron chi connectivity index (χ3n) is 3.57. The first-order valence-electron chi connectivity index (χ1n) is 6.15. The Morgan fingerprint density at radius 1 is 1.53 bits per heavy atom. The van der Waals surface area contributed by atoms with Crippen LogP contribution in [0, 0.1) is 5.92 Å². The number of pyridine rings is 1. The predicted octanol–water partition coefficient (Wildman–Crippen LogP) is 3.01. The lowest BCUT2D eigenvalue weighted by Crippen LogP contribution is -2.30. The first-order chi connectivity index (χ1) is 8.11. The fraction of sp³-hybridized carbons (Fsp3) is 0.615. The van der Waals surface area contributed by atoms with Gasteiger partial charge in [-0.25, -0.2) is 4.98 Å². The molecule has 1 N–H and O–H groups in total. The Hall–Kier alpha value is -0.800. The Morgan fingerprint density at radius 3 is 2.82 bits per heavy atom. The first-order valence-corrected chi connectivity index (χ1v) is 6.53. The lowest BCUT2D eigenvalue weighted by atomic mass is 10.2. The summed E-state index contributed by atoms with van der Waals surface area (Å²) in [6.07, 6.45) is 2.73. The summed E-state index contributed by atoms with van der Waals surface area (Å²) in [5.41, 5.74) is 0.952. The van der Waals surface area contributed by atoms with Crippen LogP contribution in [0.5, 0.6) is 0 Å². The summed E-state index contributed by atoms with van der Waals surface area (Å²) in [7, 11) is 4.02. The normalized spacial score (nSPS) is 17.2. The molecule has 1 atom stereocenters. The predicted molar refractivity (Wildman–Crippen MR) is 72.4 cm³/mol. The highest BCUT2D eigenvalue weighted by Gasteiger charge is 2.30. The van der Waals surface area contributed by atoms with Gasteiger partial charge in [-0.15, -0.1) is 0 Å². The Kier molecular flexibility index (Phi) is 3.89. The van der Waals surface area contributed by atoms with Crippen LogP contribution >= 0.6 is 11.6 Å². The third-order valence-corrected chi connectivity index (χ3v) is 3.92. The molecular formula is C13H20ClN3. The molecule has 1 aliphatic carbocycles. The van der Waals surface area contributed by atoms with Gasteiger partial charge in [-0.2, -0.15) is 0 Å². The SMILES string of the molecule is CNc1ccc(Cl)c(CN(C)C(C)C2CC2)n1. The van der Waals surface area contributed by atoms with E-state index < -0.39 is 0 Å². The van der Waals surface area contributed by atoms with Gasteiger partial charge >= 0.3 is 0 Å². The Morgan fingerprint density at radius 2 is 2.24 bits per heavy atom. The van der Waals surface area contributed by atoms with E-state index in [1.807, 2.05) is 19.2 Å². The van der Waals surface area contributed by atoms with Gasteiger partial charge in [0.2, 0.25) is 0 Å². The second kappa shape index (κ2) is 5.23. The smallest absolute Gasteiger partial charge is 0.126 e. The quantitative estimate of drug-likeness (QED) is 0.875. The van der Waals surface area contributed by atoms with Crippen LogP contribution in [0.25, 0.3) is 0 Å². The van der Waals surface area contributed by atoms with Crippen molar-refractivity contribution in [2.45, 2.75) is 32.4 Å². The average molecular weight is 254 g/mol. The van der Waals surface area contributed by atoms with Gasteiger partial charge in [-0.05, 0) is 44.9 Å². The van der Waals surface area contributed by atoms with Crippen molar-refractivity contribution in [1.82, 2.24) is 9.88 Å². The molecule has 0 spiro atoms. The Labute approximate surface area is 108 Å². The summed E-state index contributed by atoms with van der Waals surface area (Å²) >= 11 is 6.18. The number of anilines is 1. The molecular weight excluding hydrogens is 234 g/mol. The summed E-state index contributed by atoms with van der Waals surface area (Å²) in [5, 5.41) is 3.79. The van der Waals surface area contributed by atoms with Gasteiger partial charge in [0.15, 0.2) is 0 Å². The molecule has 0 saturated heterocycles. The highest BCUT2D eigenvalue weighted by Crippen LogP contribution is 2.35. The van der Waals surface area contributed by atoms with Gasteiger partial charge in [0, 0.05) is 19.6 Å². The van der Waals surface area contributed by atoms with Crippen molar-refractivity contribution in [2.24, 2.45) is 5.92 Å². The van der Waals surface area contributed by atoms with Gasteiger partial charge < -0.3 is 5.32 Å². The fourth-order valence-electron chi connectivity index (χ4n) is 2.05. The number of aromatic nitrogens is 1. The topological polar surface area (TPSA) is 28.2 Å². The monoisotopic (exact) mass is 253 g/mol. The van der Waals surface area contributed by atoms with Crippen molar-refractivity contribution in [3.8, 4) is 0 Å². The van der Waals surface area contributed by atoms with Crippen molar-refractivity contribution < 1.29 is 0 Å². The molecule has 2 rings (SSSR count). The van der Waals surface area contributed by atoms with E-state index in [-0.39, 0.29) is 0 Å². The molecule has 94 valence electrons. The number of nitrogens with zero attached hydrogens (tertiary/aromatic N) is 2. The molecule has 0 aliphatic heterocycles. The third kappa shape index (κ3) is 3.11. The second-order valence-electron chi connectivity index (χ2n) is 4.87. The highest BCUT2D eigenvalue weighted by atomic mass is 35.5. The van der Waals surface area contributed by atoms with E-state index in [0.717, 1.165) is 29.0 Å². The van der Waals surface area contributed by atoms with Crippen molar-refractivity contribution >= 4 is 17.4 Å². The minimum atomic E-state index is 0.617. The lowest BCUT2D eigenvalue weighted by molar-refractivity contribution is 0.224. The molecule has 1 fully saturated rings. The molecule has 1 saturated carbocycles. The second-order valence-corrected chi connectivity index (χ2v) is 5.28. The summed E-state index contributed by atoms with van der Waals surface area (Å²) in [6.45, 7) is 3.10. The van der Waals surface area contributed by atoms with E-state index >= 15 is 0 Å². The zero-order chi connectivity index (χ0) is 12.4. The van der Waals surface area contributed by atoms with Crippen LogP contribution in [0.3, 0.4) is 0 Å². The lowest BCUT2D eigenvalue weighted by Gasteiger charge is -2.24.